The van der Waals surface area contributed by atoms with E-state index in [-0.39, 0.29) is 12.1 Å². The van der Waals surface area contributed by atoms with Crippen LogP contribution in [0.3, 0.4) is 0 Å². The zero-order chi connectivity index (χ0) is 16.0. The molecule has 3 N–H and O–H groups in total. The maximum Gasteiger partial charge on any atom is 0.314 e. The Hall–Kier alpha value is -1.11. The monoisotopic (exact) mass is 325 g/mol. The first-order valence-corrected chi connectivity index (χ1v) is 8.82. The van der Waals surface area contributed by atoms with Gasteiger partial charge >= 0.3 is 6.03 Å². The van der Waals surface area contributed by atoms with Crippen LogP contribution < -0.4 is 10.6 Å². The highest BCUT2D eigenvalue weighted by molar-refractivity contribution is 7.10. The molecule has 1 unspecified atom stereocenters. The van der Waals surface area contributed by atoms with Gasteiger partial charge in [-0.1, -0.05) is 25.3 Å². The lowest BCUT2D eigenvalue weighted by molar-refractivity contribution is 0.00717. The van der Waals surface area contributed by atoms with Gasteiger partial charge in [-0.2, -0.15) is 0 Å². The lowest BCUT2D eigenvalue weighted by atomic mass is 9.85. The molecule has 1 heterocycles. The van der Waals surface area contributed by atoms with Crippen molar-refractivity contribution < 1.29 is 9.90 Å². The van der Waals surface area contributed by atoms with Gasteiger partial charge in [-0.05, 0) is 38.4 Å². The number of carbonyl (C=O) groups excluding carboxylic acids is 1. The molecule has 0 aromatic carbocycles. The average Bonchev–Trinajstić information content (AvgIpc) is 3.00. The van der Waals surface area contributed by atoms with Gasteiger partial charge in [-0.15, -0.1) is 11.3 Å². The van der Waals surface area contributed by atoms with Crippen LogP contribution in [0.2, 0.25) is 0 Å². The lowest BCUT2D eigenvalue weighted by Crippen LogP contribution is -2.48. The van der Waals surface area contributed by atoms with Crippen molar-refractivity contribution >= 4 is 17.4 Å². The van der Waals surface area contributed by atoms with Gasteiger partial charge in [-0.3, -0.25) is 0 Å². The predicted octanol–water partition coefficient (Wildman–Crippen LogP) is 2.35. The molecule has 6 heteroatoms. The number of hydrogen-bond acceptors (Lipinski definition) is 4. The molecule has 2 rings (SSSR count). The second-order valence-corrected chi connectivity index (χ2v) is 7.32. The second kappa shape index (κ2) is 7.94. The second-order valence-electron chi connectivity index (χ2n) is 6.34. The van der Waals surface area contributed by atoms with Gasteiger partial charge in [0.15, 0.2) is 0 Å². The van der Waals surface area contributed by atoms with Crippen molar-refractivity contribution in [2.45, 2.75) is 43.7 Å². The SMILES string of the molecule is CN(C)C(CNC(=O)NCC1(O)CCCCC1)c1cccs1. The summed E-state index contributed by atoms with van der Waals surface area (Å²) in [6.07, 6.45) is 4.83. The lowest BCUT2D eigenvalue weighted by Gasteiger charge is -2.32. The molecule has 0 radical (unpaired) electrons. The van der Waals surface area contributed by atoms with E-state index >= 15 is 0 Å². The number of nitrogens with one attached hydrogen (secondary N) is 2. The molecule has 0 aliphatic heterocycles. The van der Waals surface area contributed by atoms with E-state index in [1.807, 2.05) is 25.5 Å². The molecule has 22 heavy (non-hydrogen) atoms. The van der Waals surface area contributed by atoms with Crippen molar-refractivity contribution in [3.05, 3.63) is 22.4 Å². The molecule has 1 aromatic rings. The van der Waals surface area contributed by atoms with Gasteiger partial charge in [0, 0.05) is 18.0 Å². The quantitative estimate of drug-likeness (QED) is 0.752. The maximum absolute atomic E-state index is 12.0. The van der Waals surface area contributed by atoms with Crippen molar-refractivity contribution in [2.75, 3.05) is 27.2 Å². The topological polar surface area (TPSA) is 64.6 Å². The summed E-state index contributed by atoms with van der Waals surface area (Å²) in [4.78, 5) is 15.3. The smallest absolute Gasteiger partial charge is 0.314 e. The average molecular weight is 325 g/mol. The van der Waals surface area contributed by atoms with Gasteiger partial charge < -0.3 is 20.6 Å². The molecular weight excluding hydrogens is 298 g/mol. The van der Waals surface area contributed by atoms with Crippen molar-refractivity contribution in [1.82, 2.24) is 15.5 Å². The van der Waals surface area contributed by atoms with Crippen molar-refractivity contribution in [3.63, 3.8) is 0 Å². The number of rotatable bonds is 6. The predicted molar refractivity (Wildman–Crippen MR) is 90.2 cm³/mol. The molecule has 1 fully saturated rings. The van der Waals surface area contributed by atoms with Gasteiger partial charge in [0.2, 0.25) is 0 Å². The summed E-state index contributed by atoms with van der Waals surface area (Å²) in [7, 11) is 4.02. The van der Waals surface area contributed by atoms with Gasteiger partial charge in [0.1, 0.15) is 0 Å². The number of likely N-dealkylation sites (N-methyl/N-ethyl adjacent to an activating group) is 1. The molecule has 2 amide bonds. The van der Waals surface area contributed by atoms with E-state index in [1.54, 1.807) is 11.3 Å². The minimum absolute atomic E-state index is 0.170. The van der Waals surface area contributed by atoms with Gasteiger partial charge in [0.05, 0.1) is 11.6 Å². The Morgan fingerprint density at radius 2 is 2.09 bits per heavy atom. The highest BCUT2D eigenvalue weighted by Gasteiger charge is 2.29. The van der Waals surface area contributed by atoms with E-state index in [0.29, 0.717) is 13.1 Å². The van der Waals surface area contributed by atoms with Crippen LogP contribution in [0, 0.1) is 0 Å². The van der Waals surface area contributed by atoms with E-state index in [4.69, 9.17) is 0 Å². The van der Waals surface area contributed by atoms with E-state index in [2.05, 4.69) is 21.6 Å². The Morgan fingerprint density at radius 1 is 1.36 bits per heavy atom. The van der Waals surface area contributed by atoms with Crippen LogP contribution in [-0.2, 0) is 0 Å². The van der Waals surface area contributed by atoms with E-state index in [1.165, 1.54) is 11.3 Å². The largest absolute Gasteiger partial charge is 0.388 e. The number of urea groups is 1. The molecule has 1 aliphatic carbocycles. The van der Waals surface area contributed by atoms with Gasteiger partial charge in [0.25, 0.3) is 0 Å². The molecule has 5 nitrogen and oxygen atoms in total. The molecule has 0 spiro atoms. The molecule has 124 valence electrons. The Bertz CT molecular complexity index is 456. The maximum atomic E-state index is 12.0. The van der Waals surface area contributed by atoms with E-state index in [0.717, 1.165) is 25.7 Å². The fourth-order valence-corrected chi connectivity index (χ4v) is 3.82. The first-order valence-electron chi connectivity index (χ1n) is 7.94. The van der Waals surface area contributed by atoms with Crippen LogP contribution >= 0.6 is 11.3 Å². The van der Waals surface area contributed by atoms with Crippen LogP contribution in [0.5, 0.6) is 0 Å². The summed E-state index contributed by atoms with van der Waals surface area (Å²) >= 11 is 1.69. The molecule has 1 atom stereocenters. The van der Waals surface area contributed by atoms with Crippen LogP contribution in [0.25, 0.3) is 0 Å². The van der Waals surface area contributed by atoms with Crippen LogP contribution in [0.4, 0.5) is 4.79 Å². The first kappa shape index (κ1) is 17.2. The minimum Gasteiger partial charge on any atom is -0.388 e. The summed E-state index contributed by atoms with van der Waals surface area (Å²) in [6.45, 7) is 0.891. The summed E-state index contributed by atoms with van der Waals surface area (Å²) in [5.74, 6) is 0. The molecule has 1 aromatic heterocycles. The van der Waals surface area contributed by atoms with Crippen LogP contribution in [-0.4, -0.2) is 48.8 Å². The number of carbonyl (C=O) groups is 1. The molecular formula is C16H27N3O2S. The summed E-state index contributed by atoms with van der Waals surface area (Å²) in [6, 6.07) is 4.07. The third kappa shape index (κ3) is 4.97. The Balaban J connectivity index is 1.76. The normalized spacial score (nSPS) is 18.9. The van der Waals surface area contributed by atoms with Crippen LogP contribution in [0.1, 0.15) is 43.0 Å². The molecule has 1 aliphatic rings. The van der Waals surface area contributed by atoms with Crippen LogP contribution in [0.15, 0.2) is 17.5 Å². The summed E-state index contributed by atoms with van der Waals surface area (Å²) in [5.41, 5.74) is -0.718. The Morgan fingerprint density at radius 3 is 2.68 bits per heavy atom. The van der Waals surface area contributed by atoms with Gasteiger partial charge in [-0.25, -0.2) is 4.79 Å². The minimum atomic E-state index is -0.718. The van der Waals surface area contributed by atoms with E-state index in [9.17, 15) is 9.90 Å². The first-order chi connectivity index (χ1) is 10.5. The third-order valence-electron chi connectivity index (χ3n) is 4.31. The fraction of sp³-hybridized carbons (Fsp3) is 0.688. The van der Waals surface area contributed by atoms with E-state index < -0.39 is 5.60 Å². The zero-order valence-corrected chi connectivity index (χ0v) is 14.3. The fourth-order valence-electron chi connectivity index (χ4n) is 2.90. The molecule has 0 bridgehead atoms. The van der Waals surface area contributed by atoms with Crippen molar-refractivity contribution in [3.8, 4) is 0 Å². The standard InChI is InChI=1S/C16H27N3O2S/c1-19(2)13(14-7-6-10-22-14)11-17-15(20)18-12-16(21)8-4-3-5-9-16/h6-7,10,13,21H,3-5,8-9,11-12H2,1-2H3,(H2,17,18,20). The molecule has 1 saturated carbocycles. The Kier molecular flexibility index (Phi) is 6.23. The van der Waals surface area contributed by atoms with Crippen molar-refractivity contribution in [1.29, 1.82) is 0 Å². The number of hydrogen-bond donors (Lipinski definition) is 3. The molecule has 0 saturated heterocycles. The third-order valence-corrected chi connectivity index (χ3v) is 5.29. The summed E-state index contributed by atoms with van der Waals surface area (Å²) in [5, 5.41) is 18.2. The number of amides is 2. The summed E-state index contributed by atoms with van der Waals surface area (Å²) < 4.78 is 0. The highest BCUT2D eigenvalue weighted by atomic mass is 32.1. The number of thiophene rings is 1. The Labute approximate surface area is 136 Å². The number of aliphatic hydroxyl groups is 1. The van der Waals surface area contributed by atoms with Crippen molar-refractivity contribution in [2.24, 2.45) is 0 Å². The number of nitrogens with zero attached hydrogens (tertiary/aromatic N) is 1. The zero-order valence-electron chi connectivity index (χ0n) is 13.5. The highest BCUT2D eigenvalue weighted by Crippen LogP contribution is 2.27.